The van der Waals surface area contributed by atoms with Crippen molar-refractivity contribution >= 4 is 11.3 Å². The molecule has 2 aromatic carbocycles. The van der Waals surface area contributed by atoms with Crippen LogP contribution in [0.15, 0.2) is 66.0 Å². The lowest BCUT2D eigenvalue weighted by molar-refractivity contribution is 0.482. The molecule has 1 nitrogen and oxygen atoms in total. The van der Waals surface area contributed by atoms with Crippen LogP contribution in [0.4, 0.5) is 4.39 Å². The van der Waals surface area contributed by atoms with Crippen molar-refractivity contribution in [1.82, 2.24) is 0 Å². The van der Waals surface area contributed by atoms with Gasteiger partial charge in [0, 0.05) is 10.4 Å². The van der Waals surface area contributed by atoms with Crippen molar-refractivity contribution in [2.24, 2.45) is 0 Å². The van der Waals surface area contributed by atoms with Gasteiger partial charge >= 0.3 is 0 Å². The first-order valence-electron chi connectivity index (χ1n) is 5.89. The molecule has 0 saturated carbocycles. The Balaban J connectivity index is 1.95. The van der Waals surface area contributed by atoms with Crippen molar-refractivity contribution in [3.8, 4) is 21.9 Å². The zero-order valence-corrected chi connectivity index (χ0v) is 10.9. The number of para-hydroxylation sites is 1. The molecule has 0 aliphatic rings. The van der Waals surface area contributed by atoms with Crippen LogP contribution in [-0.4, -0.2) is 0 Å². The summed E-state index contributed by atoms with van der Waals surface area (Å²) in [5.74, 6) is 1.14. The molecule has 0 spiro atoms. The predicted molar refractivity (Wildman–Crippen MR) is 76.2 cm³/mol. The van der Waals surface area contributed by atoms with Gasteiger partial charge in [-0.3, -0.25) is 0 Å². The Kier molecular flexibility index (Phi) is 3.29. The molecule has 0 unspecified atom stereocenters. The predicted octanol–water partition coefficient (Wildman–Crippen LogP) is 5.35. The summed E-state index contributed by atoms with van der Waals surface area (Å²) in [5.41, 5.74) is 1.04. The molecule has 0 amide bonds. The summed E-state index contributed by atoms with van der Waals surface area (Å²) in [6.07, 6.45) is 0. The number of rotatable bonds is 3. The molecule has 0 radical (unpaired) electrons. The van der Waals surface area contributed by atoms with E-state index in [4.69, 9.17) is 4.74 Å². The number of ether oxygens (including phenoxy) is 1. The molecule has 0 atom stereocenters. The Morgan fingerprint density at radius 2 is 1.63 bits per heavy atom. The van der Waals surface area contributed by atoms with Gasteiger partial charge < -0.3 is 4.74 Å². The van der Waals surface area contributed by atoms with Crippen molar-refractivity contribution in [2.75, 3.05) is 0 Å². The number of benzene rings is 2. The zero-order valence-electron chi connectivity index (χ0n) is 10.0. The fourth-order valence-electron chi connectivity index (χ4n) is 1.82. The quantitative estimate of drug-likeness (QED) is 0.623. The van der Waals surface area contributed by atoms with Crippen molar-refractivity contribution in [3.05, 3.63) is 71.9 Å². The first-order chi connectivity index (χ1) is 9.33. The molecule has 3 aromatic rings. The smallest absolute Gasteiger partial charge is 0.136 e. The summed E-state index contributed by atoms with van der Waals surface area (Å²) >= 11 is 1.66. The minimum Gasteiger partial charge on any atom is -0.457 e. The summed E-state index contributed by atoms with van der Waals surface area (Å²) < 4.78 is 18.7. The topological polar surface area (TPSA) is 9.23 Å². The van der Waals surface area contributed by atoms with E-state index in [0.717, 1.165) is 16.2 Å². The minimum atomic E-state index is -0.265. The maximum atomic E-state index is 12.9. The molecule has 3 heteroatoms. The van der Waals surface area contributed by atoms with Crippen molar-refractivity contribution in [2.45, 2.75) is 0 Å². The molecule has 19 heavy (non-hydrogen) atoms. The number of halogens is 1. The second kappa shape index (κ2) is 5.24. The van der Waals surface area contributed by atoms with Gasteiger partial charge in [-0.15, -0.1) is 11.3 Å². The Labute approximate surface area is 114 Å². The zero-order chi connectivity index (χ0) is 13.1. The second-order valence-electron chi connectivity index (χ2n) is 4.03. The summed E-state index contributed by atoms with van der Waals surface area (Å²) in [5, 5.41) is 2.03. The Hall–Kier alpha value is -2.13. The van der Waals surface area contributed by atoms with Crippen LogP contribution in [0.5, 0.6) is 11.5 Å². The summed E-state index contributed by atoms with van der Waals surface area (Å²) in [6, 6.07) is 17.9. The van der Waals surface area contributed by atoms with Gasteiger partial charge in [0.25, 0.3) is 0 Å². The van der Waals surface area contributed by atoms with Crippen LogP contribution in [-0.2, 0) is 0 Å². The number of hydrogen-bond acceptors (Lipinski definition) is 2. The van der Waals surface area contributed by atoms with Crippen LogP contribution in [0.25, 0.3) is 10.4 Å². The van der Waals surface area contributed by atoms with Gasteiger partial charge in [0.2, 0.25) is 0 Å². The van der Waals surface area contributed by atoms with E-state index in [1.54, 1.807) is 23.5 Å². The average molecular weight is 270 g/mol. The third kappa shape index (κ3) is 2.66. The maximum absolute atomic E-state index is 12.9. The molecular weight excluding hydrogens is 259 g/mol. The van der Waals surface area contributed by atoms with E-state index >= 15 is 0 Å². The van der Waals surface area contributed by atoms with Crippen LogP contribution in [0, 0.1) is 5.82 Å². The normalized spacial score (nSPS) is 10.4. The van der Waals surface area contributed by atoms with E-state index in [1.807, 2.05) is 35.7 Å². The van der Waals surface area contributed by atoms with E-state index in [-0.39, 0.29) is 5.82 Å². The van der Waals surface area contributed by atoms with E-state index in [2.05, 4.69) is 6.07 Å². The molecule has 1 aromatic heterocycles. The molecule has 3 rings (SSSR count). The van der Waals surface area contributed by atoms with Gasteiger partial charge in [0.05, 0.1) is 0 Å². The molecular formula is C16H11FOS. The van der Waals surface area contributed by atoms with Crippen LogP contribution >= 0.6 is 11.3 Å². The van der Waals surface area contributed by atoms with Gasteiger partial charge in [-0.05, 0) is 47.8 Å². The van der Waals surface area contributed by atoms with Crippen LogP contribution in [0.2, 0.25) is 0 Å². The van der Waals surface area contributed by atoms with Crippen LogP contribution < -0.4 is 4.74 Å². The van der Waals surface area contributed by atoms with E-state index < -0.39 is 0 Å². The van der Waals surface area contributed by atoms with Crippen LogP contribution in [0.3, 0.4) is 0 Å². The maximum Gasteiger partial charge on any atom is 0.136 e. The third-order valence-corrected chi connectivity index (χ3v) is 3.62. The van der Waals surface area contributed by atoms with Crippen molar-refractivity contribution in [1.29, 1.82) is 0 Å². The third-order valence-electron chi connectivity index (χ3n) is 2.72. The molecule has 0 saturated heterocycles. The number of hydrogen-bond donors (Lipinski definition) is 0. The second-order valence-corrected chi connectivity index (χ2v) is 4.98. The Bertz CT molecular complexity index is 659. The van der Waals surface area contributed by atoms with Gasteiger partial charge in [-0.2, -0.15) is 0 Å². The molecule has 0 N–H and O–H groups in total. The van der Waals surface area contributed by atoms with Crippen molar-refractivity contribution < 1.29 is 9.13 Å². The highest BCUT2D eigenvalue weighted by atomic mass is 32.1. The highest BCUT2D eigenvalue weighted by Crippen LogP contribution is 2.35. The minimum absolute atomic E-state index is 0.265. The molecule has 0 fully saturated rings. The van der Waals surface area contributed by atoms with Gasteiger partial charge in [-0.1, -0.05) is 18.2 Å². The summed E-state index contributed by atoms with van der Waals surface area (Å²) in [6.45, 7) is 0. The first-order valence-corrected chi connectivity index (χ1v) is 6.77. The molecule has 1 heterocycles. The number of thiophene rings is 1. The molecule has 94 valence electrons. The summed E-state index contributed by atoms with van der Waals surface area (Å²) in [7, 11) is 0. The lowest BCUT2D eigenvalue weighted by Gasteiger charge is -2.09. The van der Waals surface area contributed by atoms with Gasteiger partial charge in [-0.25, -0.2) is 4.39 Å². The lowest BCUT2D eigenvalue weighted by Crippen LogP contribution is -1.87. The fourth-order valence-corrected chi connectivity index (χ4v) is 2.58. The largest absolute Gasteiger partial charge is 0.457 e. The lowest BCUT2D eigenvalue weighted by atomic mass is 10.1. The van der Waals surface area contributed by atoms with Crippen LogP contribution in [0.1, 0.15) is 0 Å². The first kappa shape index (κ1) is 11.9. The van der Waals surface area contributed by atoms with Gasteiger partial charge in [0.1, 0.15) is 17.3 Å². The SMILES string of the molecule is Fc1ccc(Oc2ccccc2-c2cccs2)cc1. The average Bonchev–Trinajstić information content (AvgIpc) is 2.96. The molecule has 0 bridgehead atoms. The molecule has 0 aliphatic heterocycles. The van der Waals surface area contributed by atoms with Crippen molar-refractivity contribution in [3.63, 3.8) is 0 Å². The Morgan fingerprint density at radius 3 is 2.37 bits per heavy atom. The van der Waals surface area contributed by atoms with Gasteiger partial charge in [0.15, 0.2) is 0 Å². The highest BCUT2D eigenvalue weighted by Gasteiger charge is 2.07. The standard InChI is InChI=1S/C16H11FOS/c17-12-7-9-13(10-8-12)18-15-5-2-1-4-14(15)16-6-3-11-19-16/h1-11H. The van der Waals surface area contributed by atoms with E-state index in [9.17, 15) is 4.39 Å². The monoisotopic (exact) mass is 270 g/mol. The highest BCUT2D eigenvalue weighted by molar-refractivity contribution is 7.13. The van der Waals surface area contributed by atoms with E-state index in [0.29, 0.717) is 5.75 Å². The fraction of sp³-hybridized carbons (Fsp3) is 0. The van der Waals surface area contributed by atoms with E-state index in [1.165, 1.54) is 12.1 Å². The Morgan fingerprint density at radius 1 is 0.842 bits per heavy atom. The molecule has 0 aliphatic carbocycles. The summed E-state index contributed by atoms with van der Waals surface area (Å²) in [4.78, 5) is 1.15.